The Morgan fingerprint density at radius 1 is 1.50 bits per heavy atom. The van der Waals surface area contributed by atoms with E-state index in [0.717, 1.165) is 24.6 Å². The third-order valence-electron chi connectivity index (χ3n) is 2.72. The molecule has 0 aliphatic carbocycles. The Balaban J connectivity index is 1.98. The lowest BCUT2D eigenvalue weighted by atomic mass is 10.5. The summed E-state index contributed by atoms with van der Waals surface area (Å²) in [5.41, 5.74) is 0.915. The van der Waals surface area contributed by atoms with E-state index in [4.69, 9.17) is 4.42 Å². The molecule has 0 spiro atoms. The summed E-state index contributed by atoms with van der Waals surface area (Å²) in [6, 6.07) is 0.617. The van der Waals surface area contributed by atoms with Crippen LogP contribution in [0.25, 0.3) is 0 Å². The normalized spacial score (nSPS) is 10.8. The van der Waals surface area contributed by atoms with Crippen LogP contribution in [0.4, 0.5) is 6.01 Å². The Bertz CT molecular complexity index is 490. The monoisotopic (exact) mass is 249 g/mol. The lowest BCUT2D eigenvalue weighted by Crippen LogP contribution is -2.19. The zero-order chi connectivity index (χ0) is 13.0. The minimum Gasteiger partial charge on any atom is -0.432 e. The van der Waals surface area contributed by atoms with Crippen molar-refractivity contribution < 1.29 is 4.42 Å². The zero-order valence-corrected chi connectivity index (χ0v) is 11.1. The van der Waals surface area contributed by atoms with Gasteiger partial charge in [-0.15, -0.1) is 0 Å². The van der Waals surface area contributed by atoms with Crippen molar-refractivity contribution in [1.82, 2.24) is 19.9 Å². The standard InChI is InChI=1S/C12H19N5O/c1-4-13-7-10-9-18-12(15-10)17(3)8-11-14-5-6-16(11)2/h5-6,9,13H,4,7-8H2,1-3H3. The van der Waals surface area contributed by atoms with E-state index in [1.54, 1.807) is 12.5 Å². The van der Waals surface area contributed by atoms with E-state index >= 15 is 0 Å². The first-order valence-electron chi connectivity index (χ1n) is 6.03. The summed E-state index contributed by atoms with van der Waals surface area (Å²) in [6.07, 6.45) is 5.40. The van der Waals surface area contributed by atoms with Gasteiger partial charge in [-0.2, -0.15) is 4.98 Å². The first-order chi connectivity index (χ1) is 8.70. The molecule has 0 amide bonds. The van der Waals surface area contributed by atoms with Crippen LogP contribution in [0.15, 0.2) is 23.1 Å². The number of aryl methyl sites for hydroxylation is 1. The van der Waals surface area contributed by atoms with Crippen LogP contribution in [0.5, 0.6) is 0 Å². The Kier molecular flexibility index (Phi) is 3.99. The van der Waals surface area contributed by atoms with Gasteiger partial charge in [-0.1, -0.05) is 6.92 Å². The van der Waals surface area contributed by atoms with Crippen LogP contribution >= 0.6 is 0 Å². The van der Waals surface area contributed by atoms with Gasteiger partial charge >= 0.3 is 0 Å². The van der Waals surface area contributed by atoms with Gasteiger partial charge in [0.05, 0.1) is 12.2 Å². The number of imidazole rings is 1. The summed E-state index contributed by atoms with van der Waals surface area (Å²) < 4.78 is 7.44. The average molecular weight is 249 g/mol. The minimum absolute atomic E-state index is 0.617. The van der Waals surface area contributed by atoms with Crippen molar-refractivity contribution in [2.24, 2.45) is 7.05 Å². The number of oxazole rings is 1. The van der Waals surface area contributed by atoms with Gasteiger partial charge < -0.3 is 19.2 Å². The van der Waals surface area contributed by atoms with Crippen LogP contribution in [0.3, 0.4) is 0 Å². The van der Waals surface area contributed by atoms with Crippen LogP contribution in [0.2, 0.25) is 0 Å². The van der Waals surface area contributed by atoms with Gasteiger partial charge in [0.25, 0.3) is 6.01 Å². The molecule has 6 nitrogen and oxygen atoms in total. The van der Waals surface area contributed by atoms with Crippen molar-refractivity contribution in [2.75, 3.05) is 18.5 Å². The van der Waals surface area contributed by atoms with Crippen molar-refractivity contribution in [3.8, 4) is 0 Å². The Hall–Kier alpha value is -1.82. The molecule has 2 aromatic heterocycles. The fourth-order valence-corrected chi connectivity index (χ4v) is 1.63. The molecule has 2 heterocycles. The molecule has 2 aromatic rings. The van der Waals surface area contributed by atoms with E-state index in [2.05, 4.69) is 22.2 Å². The molecule has 0 aromatic carbocycles. The predicted octanol–water partition coefficient (Wildman–Crippen LogP) is 1.15. The third-order valence-corrected chi connectivity index (χ3v) is 2.72. The van der Waals surface area contributed by atoms with Gasteiger partial charge in [0, 0.05) is 33.0 Å². The van der Waals surface area contributed by atoms with Crippen LogP contribution in [-0.4, -0.2) is 28.1 Å². The molecule has 2 rings (SSSR count). The number of hydrogen-bond donors (Lipinski definition) is 1. The van der Waals surface area contributed by atoms with Crippen LogP contribution in [0.1, 0.15) is 18.4 Å². The molecule has 0 aliphatic heterocycles. The maximum Gasteiger partial charge on any atom is 0.297 e. The second kappa shape index (κ2) is 5.68. The molecule has 18 heavy (non-hydrogen) atoms. The molecule has 0 fully saturated rings. The fraction of sp³-hybridized carbons (Fsp3) is 0.500. The topological polar surface area (TPSA) is 59.1 Å². The van der Waals surface area contributed by atoms with Crippen molar-refractivity contribution in [3.63, 3.8) is 0 Å². The van der Waals surface area contributed by atoms with Crippen molar-refractivity contribution in [3.05, 3.63) is 30.2 Å². The number of hydrogen-bond acceptors (Lipinski definition) is 5. The molecule has 1 N–H and O–H groups in total. The summed E-state index contributed by atoms with van der Waals surface area (Å²) in [7, 11) is 3.92. The van der Waals surface area contributed by atoms with Gasteiger partial charge in [-0.25, -0.2) is 4.98 Å². The molecule has 6 heteroatoms. The largest absolute Gasteiger partial charge is 0.432 e. The van der Waals surface area contributed by atoms with E-state index in [0.29, 0.717) is 12.6 Å². The smallest absolute Gasteiger partial charge is 0.297 e. The van der Waals surface area contributed by atoms with E-state index in [1.165, 1.54) is 0 Å². The highest BCUT2D eigenvalue weighted by Gasteiger charge is 2.11. The summed E-state index contributed by atoms with van der Waals surface area (Å²) in [5.74, 6) is 0.976. The summed E-state index contributed by atoms with van der Waals surface area (Å²) in [5, 5.41) is 3.21. The maximum absolute atomic E-state index is 5.45. The average Bonchev–Trinajstić information content (AvgIpc) is 2.97. The van der Waals surface area contributed by atoms with E-state index < -0.39 is 0 Å². The van der Waals surface area contributed by atoms with Gasteiger partial charge in [0.1, 0.15) is 12.1 Å². The summed E-state index contributed by atoms with van der Waals surface area (Å²) in [4.78, 5) is 10.6. The molecule has 0 aliphatic rings. The highest BCUT2D eigenvalue weighted by Crippen LogP contribution is 2.14. The highest BCUT2D eigenvalue weighted by atomic mass is 16.4. The fourth-order valence-electron chi connectivity index (χ4n) is 1.63. The second-order valence-corrected chi connectivity index (χ2v) is 4.21. The molecule has 0 unspecified atom stereocenters. The first-order valence-corrected chi connectivity index (χ1v) is 6.03. The Morgan fingerprint density at radius 2 is 2.33 bits per heavy atom. The minimum atomic E-state index is 0.617. The van der Waals surface area contributed by atoms with Crippen molar-refractivity contribution in [2.45, 2.75) is 20.0 Å². The Morgan fingerprint density at radius 3 is 3.00 bits per heavy atom. The second-order valence-electron chi connectivity index (χ2n) is 4.21. The van der Waals surface area contributed by atoms with Crippen LogP contribution < -0.4 is 10.2 Å². The van der Waals surface area contributed by atoms with Gasteiger partial charge in [-0.05, 0) is 6.54 Å². The SMILES string of the molecule is CCNCc1coc(N(C)Cc2nccn2C)n1. The van der Waals surface area contributed by atoms with Gasteiger partial charge in [-0.3, -0.25) is 0 Å². The van der Waals surface area contributed by atoms with Crippen LogP contribution in [-0.2, 0) is 20.1 Å². The zero-order valence-electron chi connectivity index (χ0n) is 11.1. The third kappa shape index (κ3) is 2.89. The molecular weight excluding hydrogens is 230 g/mol. The molecule has 0 radical (unpaired) electrons. The molecular formula is C12H19N5O. The lowest BCUT2D eigenvalue weighted by Gasteiger charge is -2.13. The number of rotatable bonds is 6. The molecule has 0 bridgehead atoms. The number of nitrogens with one attached hydrogen (secondary N) is 1. The Labute approximate surface area is 107 Å². The predicted molar refractivity (Wildman–Crippen MR) is 69.2 cm³/mol. The van der Waals surface area contributed by atoms with Gasteiger partial charge in [0.2, 0.25) is 0 Å². The van der Waals surface area contributed by atoms with E-state index in [1.807, 2.05) is 29.8 Å². The highest BCUT2D eigenvalue weighted by molar-refractivity contribution is 5.25. The lowest BCUT2D eigenvalue weighted by molar-refractivity contribution is 0.538. The maximum atomic E-state index is 5.45. The number of anilines is 1. The van der Waals surface area contributed by atoms with Crippen molar-refractivity contribution in [1.29, 1.82) is 0 Å². The number of aromatic nitrogens is 3. The first kappa shape index (κ1) is 12.6. The quantitative estimate of drug-likeness (QED) is 0.832. The van der Waals surface area contributed by atoms with E-state index in [9.17, 15) is 0 Å². The molecule has 98 valence electrons. The van der Waals surface area contributed by atoms with Crippen LogP contribution in [0, 0.1) is 0 Å². The van der Waals surface area contributed by atoms with E-state index in [-0.39, 0.29) is 0 Å². The number of nitrogens with zero attached hydrogens (tertiary/aromatic N) is 4. The van der Waals surface area contributed by atoms with Gasteiger partial charge in [0.15, 0.2) is 0 Å². The molecule has 0 saturated heterocycles. The van der Waals surface area contributed by atoms with Crippen molar-refractivity contribution >= 4 is 6.01 Å². The molecule has 0 atom stereocenters. The summed E-state index contributed by atoms with van der Waals surface area (Å²) >= 11 is 0. The summed E-state index contributed by atoms with van der Waals surface area (Å²) in [6.45, 7) is 4.39. The molecule has 0 saturated carbocycles.